The average molecular weight is 646 g/mol. The first kappa shape index (κ1) is 24.2. The Morgan fingerprint density at radius 1 is 0.528 bits per heavy atom. The predicted molar refractivity (Wildman–Crippen MR) is 134 cm³/mol. The van der Waals surface area contributed by atoms with Crippen LogP contribution in [0.3, 0.4) is 0 Å². The minimum atomic E-state index is -0.332. The van der Waals surface area contributed by atoms with Gasteiger partial charge in [0.25, 0.3) is 0 Å². The number of nitrogens with zero attached hydrogens (tertiary/aromatic N) is 3. The summed E-state index contributed by atoms with van der Waals surface area (Å²) in [7, 11) is 0. The standard InChI is InChI=1S/C31H23N3O.Ir/c35-20-23-24-14-7-16-26(32-24)30(21-10-3-1-4-11-21)28-18-9-19-29(34-28)31(22-12-5-2-6-13-22)27-17-8-15-25(23)33-27;/h1-10,12,14-19,23,30-31,35H,20H2;/q-2;. The van der Waals surface area contributed by atoms with Gasteiger partial charge < -0.3 is 5.11 Å². The number of fused-ring (bicyclic) bond motifs is 6. The van der Waals surface area contributed by atoms with Crippen molar-refractivity contribution in [2.45, 2.75) is 17.8 Å². The van der Waals surface area contributed by atoms with Gasteiger partial charge in [-0.3, -0.25) is 15.0 Å². The van der Waals surface area contributed by atoms with Gasteiger partial charge in [0.15, 0.2) is 0 Å². The summed E-state index contributed by atoms with van der Waals surface area (Å²) >= 11 is 0. The number of hydrogen-bond donors (Lipinski definition) is 1. The van der Waals surface area contributed by atoms with E-state index in [1.54, 1.807) is 0 Å². The molecule has 3 aromatic heterocycles. The number of hydrogen-bond acceptors (Lipinski definition) is 4. The fraction of sp³-hybridized carbons (Fsp3) is 0.129. The molecule has 1 aliphatic heterocycles. The van der Waals surface area contributed by atoms with Crippen molar-refractivity contribution in [1.82, 2.24) is 15.0 Å². The Bertz CT molecular complexity index is 1350. The number of aliphatic hydroxyl groups excluding tert-OH is 1. The smallest absolute Gasteiger partial charge is 0.0667 e. The van der Waals surface area contributed by atoms with Crippen LogP contribution < -0.4 is 0 Å². The molecule has 6 rings (SSSR count). The molecule has 4 heterocycles. The molecule has 2 unspecified atom stereocenters. The van der Waals surface area contributed by atoms with Gasteiger partial charge in [-0.25, -0.2) is 0 Å². The zero-order chi connectivity index (χ0) is 23.6. The third kappa shape index (κ3) is 4.54. The monoisotopic (exact) mass is 646 g/mol. The molecular weight excluding hydrogens is 623 g/mol. The van der Waals surface area contributed by atoms with Crippen LogP contribution in [0.5, 0.6) is 0 Å². The first-order valence-corrected chi connectivity index (χ1v) is 11.8. The van der Waals surface area contributed by atoms with Crippen molar-refractivity contribution in [3.05, 3.63) is 161 Å². The third-order valence-corrected chi connectivity index (χ3v) is 6.54. The van der Waals surface area contributed by atoms with Crippen LogP contribution in [0.25, 0.3) is 0 Å². The van der Waals surface area contributed by atoms with Gasteiger partial charge in [-0.15, -0.1) is 11.1 Å². The second-order valence-corrected chi connectivity index (χ2v) is 8.70. The molecule has 0 spiro atoms. The zero-order valence-electron chi connectivity index (χ0n) is 19.4. The average Bonchev–Trinajstić information content (AvgIpc) is 2.91. The van der Waals surface area contributed by atoms with Crippen LogP contribution >= 0.6 is 0 Å². The summed E-state index contributed by atoms with van der Waals surface area (Å²) in [5.74, 6) is -0.718. The van der Waals surface area contributed by atoms with Crippen LogP contribution in [0.4, 0.5) is 0 Å². The van der Waals surface area contributed by atoms with Gasteiger partial charge in [0, 0.05) is 31.9 Å². The molecule has 4 nitrogen and oxygen atoms in total. The minimum Gasteiger partial charge on any atom is -0.395 e. The number of benzene rings is 2. The van der Waals surface area contributed by atoms with E-state index < -0.39 is 0 Å². The van der Waals surface area contributed by atoms with Crippen LogP contribution in [0.2, 0.25) is 0 Å². The molecule has 5 heteroatoms. The molecule has 6 bridgehead atoms. The van der Waals surface area contributed by atoms with E-state index in [0.717, 1.165) is 45.3 Å². The van der Waals surface area contributed by atoms with Gasteiger partial charge in [0.05, 0.1) is 46.7 Å². The van der Waals surface area contributed by atoms with Gasteiger partial charge in [-0.2, -0.15) is 60.7 Å². The van der Waals surface area contributed by atoms with Crippen molar-refractivity contribution < 1.29 is 25.2 Å². The molecule has 179 valence electrons. The van der Waals surface area contributed by atoms with E-state index in [0.29, 0.717) is 0 Å². The van der Waals surface area contributed by atoms with E-state index in [-0.39, 0.29) is 44.5 Å². The summed E-state index contributed by atoms with van der Waals surface area (Å²) in [4.78, 5) is 15.3. The fourth-order valence-corrected chi connectivity index (χ4v) is 4.89. The molecule has 0 amide bonds. The Balaban J connectivity index is 0.00000267. The quantitative estimate of drug-likeness (QED) is 0.272. The Labute approximate surface area is 224 Å². The molecule has 0 aliphatic carbocycles. The van der Waals surface area contributed by atoms with E-state index >= 15 is 0 Å². The summed E-state index contributed by atoms with van der Waals surface area (Å²) < 4.78 is 0. The maximum absolute atomic E-state index is 10.4. The summed E-state index contributed by atoms with van der Waals surface area (Å²) in [5, 5.41) is 10.4. The molecule has 5 aromatic rings. The van der Waals surface area contributed by atoms with Crippen LogP contribution in [-0.2, 0) is 20.1 Å². The number of aromatic nitrogens is 3. The van der Waals surface area contributed by atoms with E-state index in [2.05, 4.69) is 30.3 Å². The molecule has 0 saturated heterocycles. The molecule has 2 atom stereocenters. The first-order chi connectivity index (χ1) is 17.3. The maximum Gasteiger partial charge on any atom is 0.0667 e. The molecule has 1 N–H and O–H groups in total. The Kier molecular flexibility index (Phi) is 7.15. The molecule has 36 heavy (non-hydrogen) atoms. The summed E-state index contributed by atoms with van der Waals surface area (Å²) in [6, 6.07) is 40.8. The van der Waals surface area contributed by atoms with Gasteiger partial charge in [0.1, 0.15) is 0 Å². The van der Waals surface area contributed by atoms with Crippen molar-refractivity contribution in [2.24, 2.45) is 0 Å². The largest absolute Gasteiger partial charge is 0.395 e. The van der Waals surface area contributed by atoms with Gasteiger partial charge in [-0.1, -0.05) is 18.2 Å². The first-order valence-electron chi connectivity index (χ1n) is 11.8. The summed E-state index contributed by atoms with van der Waals surface area (Å²) in [6.07, 6.45) is 0. The van der Waals surface area contributed by atoms with E-state index in [1.807, 2.05) is 84.9 Å². The Hall–Kier alpha value is -3.50. The predicted octanol–water partition coefficient (Wildman–Crippen LogP) is 5.27. The van der Waals surface area contributed by atoms with Gasteiger partial charge in [-0.05, 0) is 36.4 Å². The number of pyridine rings is 3. The van der Waals surface area contributed by atoms with Gasteiger partial charge in [0.2, 0.25) is 0 Å². The molecule has 0 fully saturated rings. The molecular formula is C31H23IrN3O-2. The van der Waals surface area contributed by atoms with Crippen LogP contribution in [0.15, 0.2) is 103 Å². The van der Waals surface area contributed by atoms with Crippen LogP contribution in [0.1, 0.15) is 63.0 Å². The molecule has 1 radical (unpaired) electrons. The van der Waals surface area contributed by atoms with E-state index in [4.69, 9.17) is 15.0 Å². The second-order valence-electron chi connectivity index (χ2n) is 8.70. The maximum atomic E-state index is 10.4. The second kappa shape index (κ2) is 10.6. The Morgan fingerprint density at radius 2 is 0.917 bits per heavy atom. The SMILES string of the molecule is OCC1c2cccc(n2)C(c2[c-]cccc2)c2cccc(n2)C(c2[c-]cccc2)c2cccc1n2.[Ir]. The van der Waals surface area contributed by atoms with Crippen LogP contribution in [0, 0.1) is 12.1 Å². The molecule has 0 saturated carbocycles. The van der Waals surface area contributed by atoms with Crippen molar-refractivity contribution in [3.63, 3.8) is 0 Å². The van der Waals surface area contributed by atoms with Crippen molar-refractivity contribution in [2.75, 3.05) is 6.61 Å². The summed E-state index contributed by atoms with van der Waals surface area (Å²) in [6.45, 7) is -0.0826. The molecule has 2 aromatic carbocycles. The van der Waals surface area contributed by atoms with E-state index in [1.165, 1.54) is 0 Å². The topological polar surface area (TPSA) is 58.9 Å². The fourth-order valence-electron chi connectivity index (χ4n) is 4.89. The van der Waals surface area contributed by atoms with Gasteiger partial charge >= 0.3 is 0 Å². The zero-order valence-corrected chi connectivity index (χ0v) is 21.8. The Morgan fingerprint density at radius 3 is 1.28 bits per heavy atom. The van der Waals surface area contributed by atoms with Crippen molar-refractivity contribution in [3.8, 4) is 0 Å². The van der Waals surface area contributed by atoms with E-state index in [9.17, 15) is 5.11 Å². The number of rotatable bonds is 3. The number of aliphatic hydroxyl groups is 1. The summed E-state index contributed by atoms with van der Waals surface area (Å²) in [5.41, 5.74) is 7.10. The third-order valence-electron chi connectivity index (χ3n) is 6.54. The van der Waals surface area contributed by atoms with Crippen molar-refractivity contribution >= 4 is 0 Å². The van der Waals surface area contributed by atoms with Crippen LogP contribution in [-0.4, -0.2) is 26.7 Å². The molecule has 1 aliphatic rings. The minimum absolute atomic E-state index is 0. The normalized spacial score (nSPS) is 18.3. The van der Waals surface area contributed by atoms with Crippen molar-refractivity contribution in [1.29, 1.82) is 0 Å².